The summed E-state index contributed by atoms with van der Waals surface area (Å²) in [6.07, 6.45) is 1.71. The maximum absolute atomic E-state index is 11.2. The van der Waals surface area contributed by atoms with Crippen LogP contribution in [0.5, 0.6) is 5.75 Å². The molecule has 2 aromatic rings. The van der Waals surface area contributed by atoms with Gasteiger partial charge in [-0.2, -0.15) is 0 Å². The van der Waals surface area contributed by atoms with Crippen molar-refractivity contribution in [1.29, 1.82) is 0 Å². The van der Waals surface area contributed by atoms with Crippen LogP contribution in [-0.2, 0) is 11.3 Å². The molecule has 4 nitrogen and oxygen atoms in total. The van der Waals surface area contributed by atoms with Crippen LogP contribution in [0.15, 0.2) is 35.8 Å². The first-order valence-corrected chi connectivity index (χ1v) is 5.87. The molecular formula is C12H11NO3S. The highest BCUT2D eigenvalue weighted by Crippen LogP contribution is 2.22. The first kappa shape index (κ1) is 11.6. The van der Waals surface area contributed by atoms with Crippen LogP contribution in [0, 0.1) is 0 Å². The number of carbonyl (C=O) groups excluding carboxylic acids is 1. The van der Waals surface area contributed by atoms with Gasteiger partial charge in [-0.25, -0.2) is 4.79 Å². The molecule has 17 heavy (non-hydrogen) atoms. The van der Waals surface area contributed by atoms with Gasteiger partial charge < -0.3 is 9.47 Å². The quantitative estimate of drug-likeness (QED) is 0.781. The van der Waals surface area contributed by atoms with Gasteiger partial charge in [0, 0.05) is 17.6 Å². The van der Waals surface area contributed by atoms with Crippen molar-refractivity contribution >= 4 is 17.3 Å². The fraction of sp³-hybridized carbons (Fsp3) is 0.167. The number of hydrogen-bond acceptors (Lipinski definition) is 5. The van der Waals surface area contributed by atoms with Crippen molar-refractivity contribution in [2.45, 2.75) is 6.61 Å². The number of carbonyl (C=O) groups is 1. The van der Waals surface area contributed by atoms with Crippen LogP contribution in [-0.4, -0.2) is 18.1 Å². The molecule has 0 N–H and O–H groups in total. The Hall–Kier alpha value is -1.88. The van der Waals surface area contributed by atoms with Crippen molar-refractivity contribution in [1.82, 2.24) is 4.98 Å². The Morgan fingerprint density at radius 2 is 2.35 bits per heavy atom. The summed E-state index contributed by atoms with van der Waals surface area (Å²) >= 11 is 1.30. The molecule has 88 valence electrons. The zero-order valence-electron chi connectivity index (χ0n) is 9.25. The topological polar surface area (TPSA) is 48.4 Å². The van der Waals surface area contributed by atoms with Gasteiger partial charge in [0.15, 0.2) is 0 Å². The lowest BCUT2D eigenvalue weighted by molar-refractivity contribution is 0.0606. The van der Waals surface area contributed by atoms with Gasteiger partial charge >= 0.3 is 5.97 Å². The molecule has 0 atom stereocenters. The second-order valence-electron chi connectivity index (χ2n) is 3.25. The van der Waals surface area contributed by atoms with E-state index in [2.05, 4.69) is 9.72 Å². The molecule has 0 aliphatic rings. The third kappa shape index (κ3) is 3.04. The van der Waals surface area contributed by atoms with Crippen molar-refractivity contribution in [3.05, 3.63) is 46.4 Å². The molecule has 0 amide bonds. The first-order chi connectivity index (χ1) is 8.29. The molecule has 0 aliphatic carbocycles. The summed E-state index contributed by atoms with van der Waals surface area (Å²) in [7, 11) is 1.36. The molecule has 0 unspecified atom stereocenters. The average molecular weight is 249 g/mol. The maximum atomic E-state index is 11.2. The molecule has 2 heterocycles. The predicted octanol–water partition coefficient (Wildman–Crippen LogP) is 2.51. The smallest absolute Gasteiger partial charge is 0.348 e. The minimum absolute atomic E-state index is 0.345. The van der Waals surface area contributed by atoms with Gasteiger partial charge in [-0.3, -0.25) is 4.98 Å². The Balaban J connectivity index is 1.96. The van der Waals surface area contributed by atoms with Gasteiger partial charge in [-0.15, -0.1) is 11.3 Å². The molecule has 5 heteroatoms. The number of ether oxygens (including phenoxy) is 2. The Morgan fingerprint density at radius 1 is 1.47 bits per heavy atom. The van der Waals surface area contributed by atoms with Crippen LogP contribution in [0.4, 0.5) is 0 Å². The SMILES string of the molecule is COC(=O)c1cc(OCc2ccccn2)cs1. The van der Waals surface area contributed by atoms with Crippen molar-refractivity contribution in [3.63, 3.8) is 0 Å². The number of thiophene rings is 1. The number of aromatic nitrogens is 1. The van der Waals surface area contributed by atoms with Gasteiger partial charge in [0.1, 0.15) is 17.2 Å². The molecule has 0 spiro atoms. The summed E-state index contributed by atoms with van der Waals surface area (Å²) in [6, 6.07) is 7.30. The van der Waals surface area contributed by atoms with Crippen LogP contribution in [0.25, 0.3) is 0 Å². The Kier molecular flexibility index (Phi) is 3.72. The van der Waals surface area contributed by atoms with E-state index in [0.717, 1.165) is 5.69 Å². The first-order valence-electron chi connectivity index (χ1n) is 4.99. The monoisotopic (exact) mass is 249 g/mol. The van der Waals surface area contributed by atoms with Crippen LogP contribution < -0.4 is 4.74 Å². The van der Waals surface area contributed by atoms with E-state index in [-0.39, 0.29) is 5.97 Å². The van der Waals surface area contributed by atoms with Crippen molar-refractivity contribution in [2.24, 2.45) is 0 Å². The molecular weight excluding hydrogens is 238 g/mol. The largest absolute Gasteiger partial charge is 0.486 e. The molecule has 0 radical (unpaired) electrons. The van der Waals surface area contributed by atoms with E-state index in [0.29, 0.717) is 17.2 Å². The zero-order valence-corrected chi connectivity index (χ0v) is 10.1. The van der Waals surface area contributed by atoms with Gasteiger partial charge in [-0.1, -0.05) is 6.07 Å². The van der Waals surface area contributed by atoms with Crippen molar-refractivity contribution < 1.29 is 14.3 Å². The summed E-state index contributed by atoms with van der Waals surface area (Å²) in [5.74, 6) is 0.309. The van der Waals surface area contributed by atoms with Gasteiger partial charge in [-0.05, 0) is 12.1 Å². The Labute approximate surface area is 103 Å². The third-order valence-electron chi connectivity index (χ3n) is 2.07. The molecule has 2 rings (SSSR count). The van der Waals surface area contributed by atoms with Crippen LogP contribution in [0.2, 0.25) is 0 Å². The Morgan fingerprint density at radius 3 is 3.06 bits per heavy atom. The van der Waals surface area contributed by atoms with E-state index in [1.54, 1.807) is 17.6 Å². The lowest BCUT2D eigenvalue weighted by Crippen LogP contribution is -1.98. The normalized spacial score (nSPS) is 9.94. The van der Waals surface area contributed by atoms with Gasteiger partial charge in [0.05, 0.1) is 12.8 Å². The molecule has 0 aliphatic heterocycles. The highest BCUT2D eigenvalue weighted by atomic mass is 32.1. The second kappa shape index (κ2) is 5.45. The fourth-order valence-corrected chi connectivity index (χ4v) is 1.99. The van der Waals surface area contributed by atoms with Gasteiger partial charge in [0.2, 0.25) is 0 Å². The summed E-state index contributed by atoms with van der Waals surface area (Å²) in [5.41, 5.74) is 0.846. The van der Waals surface area contributed by atoms with E-state index in [1.807, 2.05) is 18.2 Å². The van der Waals surface area contributed by atoms with Crippen LogP contribution >= 0.6 is 11.3 Å². The highest BCUT2D eigenvalue weighted by molar-refractivity contribution is 7.12. The standard InChI is InChI=1S/C12H11NO3S/c1-15-12(14)11-6-10(8-17-11)16-7-9-4-2-3-5-13-9/h2-6,8H,7H2,1H3. The fourth-order valence-electron chi connectivity index (χ4n) is 1.24. The van der Waals surface area contributed by atoms with Crippen LogP contribution in [0.3, 0.4) is 0 Å². The number of methoxy groups -OCH3 is 1. The predicted molar refractivity (Wildman–Crippen MR) is 64.2 cm³/mol. The lowest BCUT2D eigenvalue weighted by Gasteiger charge is -2.01. The summed E-state index contributed by atoms with van der Waals surface area (Å²) < 4.78 is 10.1. The Bertz CT molecular complexity index is 495. The number of rotatable bonds is 4. The van der Waals surface area contributed by atoms with Crippen molar-refractivity contribution in [2.75, 3.05) is 7.11 Å². The summed E-state index contributed by atoms with van der Waals surface area (Å²) in [5, 5.41) is 1.77. The molecule has 0 bridgehead atoms. The minimum atomic E-state index is -0.345. The van der Waals surface area contributed by atoms with E-state index in [1.165, 1.54) is 18.4 Å². The van der Waals surface area contributed by atoms with E-state index >= 15 is 0 Å². The van der Waals surface area contributed by atoms with Crippen molar-refractivity contribution in [3.8, 4) is 5.75 Å². The number of pyridine rings is 1. The third-order valence-corrected chi connectivity index (χ3v) is 2.96. The number of nitrogens with zero attached hydrogens (tertiary/aromatic N) is 1. The van der Waals surface area contributed by atoms with E-state index in [9.17, 15) is 4.79 Å². The maximum Gasteiger partial charge on any atom is 0.348 e. The molecule has 0 saturated heterocycles. The number of esters is 1. The lowest BCUT2D eigenvalue weighted by atomic mass is 10.4. The zero-order chi connectivity index (χ0) is 12.1. The number of hydrogen-bond donors (Lipinski definition) is 0. The summed E-state index contributed by atoms with van der Waals surface area (Å²) in [6.45, 7) is 0.387. The average Bonchev–Trinajstić information content (AvgIpc) is 2.85. The van der Waals surface area contributed by atoms with Crippen LogP contribution in [0.1, 0.15) is 15.4 Å². The minimum Gasteiger partial charge on any atom is -0.486 e. The molecule has 0 fully saturated rings. The van der Waals surface area contributed by atoms with E-state index in [4.69, 9.17) is 4.74 Å². The van der Waals surface area contributed by atoms with Gasteiger partial charge in [0.25, 0.3) is 0 Å². The summed E-state index contributed by atoms with van der Waals surface area (Å²) in [4.78, 5) is 15.9. The molecule has 2 aromatic heterocycles. The van der Waals surface area contributed by atoms with E-state index < -0.39 is 0 Å². The highest BCUT2D eigenvalue weighted by Gasteiger charge is 2.09. The second-order valence-corrected chi connectivity index (χ2v) is 4.16. The molecule has 0 saturated carbocycles. The molecule has 0 aromatic carbocycles.